The maximum absolute atomic E-state index is 11.5. The molecule has 0 unspecified atom stereocenters. The number of aryl methyl sites for hydroxylation is 1. The fourth-order valence-corrected chi connectivity index (χ4v) is 1.63. The number of hydrogen-bond donors (Lipinski definition) is 1. The van der Waals surface area contributed by atoms with E-state index in [2.05, 4.69) is 36.5 Å². The van der Waals surface area contributed by atoms with Gasteiger partial charge in [0.1, 0.15) is 6.61 Å². The summed E-state index contributed by atoms with van der Waals surface area (Å²) in [5.74, 6) is -0.224. The minimum atomic E-state index is -0.228. The average molecular weight is 263 g/mol. The molecule has 1 aromatic rings. The van der Waals surface area contributed by atoms with Crippen LogP contribution in [0, 0.1) is 12.8 Å². The van der Waals surface area contributed by atoms with Crippen LogP contribution in [0.1, 0.15) is 38.8 Å². The summed E-state index contributed by atoms with van der Waals surface area (Å²) in [5, 5.41) is 3.42. The lowest BCUT2D eigenvalue weighted by Gasteiger charge is -2.26. The smallest absolute Gasteiger partial charge is 0.308 e. The molecule has 106 valence electrons. The molecule has 0 aliphatic heterocycles. The van der Waals surface area contributed by atoms with Gasteiger partial charge in [0.25, 0.3) is 0 Å². The molecule has 0 aromatic heterocycles. The number of nitrogens with one attached hydrogen (secondary N) is 1. The Bertz CT molecular complexity index is 425. The van der Waals surface area contributed by atoms with Crippen molar-refractivity contribution in [2.24, 2.45) is 5.92 Å². The standard InChI is InChI=1S/C16H25NO2/c1-12(2)15(18)19-11-16(4,5)17-10-14-8-6-7-13(3)9-14/h6-9,12,17H,10-11H2,1-5H3. The van der Waals surface area contributed by atoms with E-state index in [1.807, 2.05) is 27.7 Å². The van der Waals surface area contributed by atoms with Gasteiger partial charge in [-0.05, 0) is 26.3 Å². The average Bonchev–Trinajstić information content (AvgIpc) is 2.34. The predicted molar refractivity (Wildman–Crippen MR) is 77.9 cm³/mol. The van der Waals surface area contributed by atoms with Crippen LogP contribution in [0.25, 0.3) is 0 Å². The summed E-state index contributed by atoms with van der Waals surface area (Å²) >= 11 is 0. The first kappa shape index (κ1) is 15.7. The van der Waals surface area contributed by atoms with Crippen molar-refractivity contribution < 1.29 is 9.53 Å². The molecule has 0 bridgehead atoms. The van der Waals surface area contributed by atoms with Crippen LogP contribution in [-0.4, -0.2) is 18.1 Å². The third-order valence-electron chi connectivity index (χ3n) is 2.90. The highest BCUT2D eigenvalue weighted by Crippen LogP contribution is 2.09. The first-order valence-electron chi connectivity index (χ1n) is 6.77. The third kappa shape index (κ3) is 5.88. The molecule has 1 N–H and O–H groups in total. The van der Waals surface area contributed by atoms with Crippen molar-refractivity contribution in [1.82, 2.24) is 5.32 Å². The molecule has 1 aromatic carbocycles. The van der Waals surface area contributed by atoms with Gasteiger partial charge in [0.15, 0.2) is 0 Å². The van der Waals surface area contributed by atoms with Crippen LogP contribution in [-0.2, 0) is 16.1 Å². The zero-order valence-electron chi connectivity index (χ0n) is 12.6. The number of hydrogen-bond acceptors (Lipinski definition) is 3. The molecule has 0 saturated heterocycles. The molecular formula is C16H25NO2. The predicted octanol–water partition coefficient (Wildman–Crippen LogP) is 3.06. The molecule has 0 fully saturated rings. The Labute approximate surface area is 116 Å². The summed E-state index contributed by atoms with van der Waals surface area (Å²) in [6, 6.07) is 8.39. The number of rotatable bonds is 6. The van der Waals surface area contributed by atoms with Gasteiger partial charge in [0.2, 0.25) is 0 Å². The van der Waals surface area contributed by atoms with Crippen molar-refractivity contribution in [2.45, 2.75) is 46.7 Å². The zero-order valence-corrected chi connectivity index (χ0v) is 12.6. The Kier molecular flexibility index (Phi) is 5.55. The van der Waals surface area contributed by atoms with Gasteiger partial charge in [-0.3, -0.25) is 4.79 Å². The van der Waals surface area contributed by atoms with Crippen molar-refractivity contribution >= 4 is 5.97 Å². The first-order valence-corrected chi connectivity index (χ1v) is 6.77. The molecule has 0 amide bonds. The molecule has 0 aliphatic carbocycles. The SMILES string of the molecule is Cc1cccc(CNC(C)(C)COC(=O)C(C)C)c1. The number of carbonyl (C=O) groups is 1. The quantitative estimate of drug-likeness (QED) is 0.802. The van der Waals surface area contributed by atoms with Gasteiger partial charge in [-0.1, -0.05) is 43.7 Å². The minimum Gasteiger partial charge on any atom is -0.464 e. The molecule has 0 spiro atoms. The van der Waals surface area contributed by atoms with Gasteiger partial charge >= 0.3 is 5.97 Å². The van der Waals surface area contributed by atoms with Gasteiger partial charge in [-0.25, -0.2) is 0 Å². The summed E-state index contributed by atoms with van der Waals surface area (Å²) in [6.07, 6.45) is 0. The van der Waals surface area contributed by atoms with Gasteiger partial charge in [-0.15, -0.1) is 0 Å². The van der Waals surface area contributed by atoms with E-state index in [1.54, 1.807) is 0 Å². The van der Waals surface area contributed by atoms with E-state index in [9.17, 15) is 4.79 Å². The molecule has 3 heteroatoms. The molecule has 19 heavy (non-hydrogen) atoms. The highest BCUT2D eigenvalue weighted by atomic mass is 16.5. The minimum absolute atomic E-state index is 0.0763. The Morgan fingerprint density at radius 2 is 2.05 bits per heavy atom. The summed E-state index contributed by atoms with van der Waals surface area (Å²) < 4.78 is 5.28. The topological polar surface area (TPSA) is 38.3 Å². The molecule has 0 saturated carbocycles. The van der Waals surface area contributed by atoms with Gasteiger partial charge in [0, 0.05) is 12.1 Å². The highest BCUT2D eigenvalue weighted by molar-refractivity contribution is 5.71. The molecule has 0 aliphatic rings. The van der Waals surface area contributed by atoms with Crippen molar-refractivity contribution in [1.29, 1.82) is 0 Å². The first-order chi connectivity index (χ1) is 8.80. The number of benzene rings is 1. The second-order valence-electron chi connectivity index (χ2n) is 5.99. The fraction of sp³-hybridized carbons (Fsp3) is 0.562. The van der Waals surface area contributed by atoms with E-state index in [4.69, 9.17) is 4.74 Å². The van der Waals surface area contributed by atoms with Crippen LogP contribution in [0.3, 0.4) is 0 Å². The van der Waals surface area contributed by atoms with E-state index in [-0.39, 0.29) is 17.4 Å². The Morgan fingerprint density at radius 1 is 1.37 bits per heavy atom. The number of ether oxygens (including phenoxy) is 1. The van der Waals surface area contributed by atoms with Crippen molar-refractivity contribution in [3.63, 3.8) is 0 Å². The van der Waals surface area contributed by atoms with E-state index in [1.165, 1.54) is 11.1 Å². The fourth-order valence-electron chi connectivity index (χ4n) is 1.63. The normalized spacial score (nSPS) is 11.7. The van der Waals surface area contributed by atoms with Crippen molar-refractivity contribution in [3.8, 4) is 0 Å². The molecule has 1 rings (SSSR count). The Morgan fingerprint density at radius 3 is 2.63 bits per heavy atom. The summed E-state index contributed by atoms with van der Waals surface area (Å²) in [6.45, 7) is 11.0. The van der Waals surface area contributed by atoms with Gasteiger partial charge in [0.05, 0.1) is 5.92 Å². The van der Waals surface area contributed by atoms with E-state index < -0.39 is 0 Å². The zero-order chi connectivity index (χ0) is 14.5. The Balaban J connectivity index is 2.44. The van der Waals surface area contributed by atoms with E-state index in [0.29, 0.717) is 6.61 Å². The highest BCUT2D eigenvalue weighted by Gasteiger charge is 2.20. The largest absolute Gasteiger partial charge is 0.464 e. The lowest BCUT2D eigenvalue weighted by molar-refractivity contribution is -0.149. The van der Waals surface area contributed by atoms with Crippen LogP contribution in [0.15, 0.2) is 24.3 Å². The maximum atomic E-state index is 11.5. The van der Waals surface area contributed by atoms with Crippen LogP contribution >= 0.6 is 0 Å². The molecule has 0 heterocycles. The van der Waals surface area contributed by atoms with Gasteiger partial charge in [-0.2, -0.15) is 0 Å². The van der Waals surface area contributed by atoms with Gasteiger partial charge < -0.3 is 10.1 Å². The van der Waals surface area contributed by atoms with Crippen LogP contribution in [0.2, 0.25) is 0 Å². The monoisotopic (exact) mass is 263 g/mol. The van der Waals surface area contributed by atoms with Crippen LogP contribution in [0.5, 0.6) is 0 Å². The second kappa shape index (κ2) is 6.71. The molecular weight excluding hydrogens is 238 g/mol. The lowest BCUT2D eigenvalue weighted by atomic mass is 10.1. The van der Waals surface area contributed by atoms with E-state index in [0.717, 1.165) is 6.54 Å². The molecule has 3 nitrogen and oxygen atoms in total. The molecule has 0 atom stereocenters. The second-order valence-corrected chi connectivity index (χ2v) is 5.99. The lowest BCUT2D eigenvalue weighted by Crippen LogP contribution is -2.44. The van der Waals surface area contributed by atoms with E-state index >= 15 is 0 Å². The molecule has 0 radical (unpaired) electrons. The third-order valence-corrected chi connectivity index (χ3v) is 2.90. The Hall–Kier alpha value is -1.35. The summed E-state index contributed by atoms with van der Waals surface area (Å²) in [4.78, 5) is 11.5. The number of esters is 1. The van der Waals surface area contributed by atoms with Crippen molar-refractivity contribution in [2.75, 3.05) is 6.61 Å². The van der Waals surface area contributed by atoms with Crippen LogP contribution < -0.4 is 5.32 Å². The summed E-state index contributed by atoms with van der Waals surface area (Å²) in [5.41, 5.74) is 2.26. The number of carbonyl (C=O) groups excluding carboxylic acids is 1. The summed E-state index contributed by atoms with van der Waals surface area (Å²) in [7, 11) is 0. The van der Waals surface area contributed by atoms with Crippen LogP contribution in [0.4, 0.5) is 0 Å². The van der Waals surface area contributed by atoms with Crippen molar-refractivity contribution in [3.05, 3.63) is 35.4 Å². The maximum Gasteiger partial charge on any atom is 0.308 e.